The van der Waals surface area contributed by atoms with E-state index in [4.69, 9.17) is 4.74 Å². The number of hydrogen-bond donors (Lipinski definition) is 1. The Hall–Kier alpha value is -3.21. The third-order valence-corrected chi connectivity index (χ3v) is 4.92. The van der Waals surface area contributed by atoms with Crippen molar-refractivity contribution >= 4 is 12.1 Å². The maximum atomic E-state index is 12.6. The van der Waals surface area contributed by atoms with Crippen molar-refractivity contribution in [3.8, 4) is 11.8 Å². The molecule has 34 heavy (non-hydrogen) atoms. The molecule has 1 aromatic rings. The Balaban J connectivity index is 2.03. The van der Waals surface area contributed by atoms with Crippen molar-refractivity contribution in [2.75, 3.05) is 26.2 Å². The fourth-order valence-corrected chi connectivity index (χ4v) is 3.04. The second-order valence-electron chi connectivity index (χ2n) is 7.96. The standard InChI is InChI=1S/C20H21F6N3O5/c1-18(2,16(30)31)34-14-4-3-12(10-27)13(9-14)11-28-5-7-29(8-6-28)17(32)33-15(19(21,22)23)20(24,25)26/h3-4,9,15H,5-8,11H2,1-2H3,(H,30,31). The number of carboxylic acid groups (broad SMARTS) is 1. The summed E-state index contributed by atoms with van der Waals surface area (Å²) in [6.07, 6.45) is -17.6. The summed E-state index contributed by atoms with van der Waals surface area (Å²) in [5, 5.41) is 18.5. The van der Waals surface area contributed by atoms with E-state index in [0.29, 0.717) is 5.56 Å². The third kappa shape index (κ3) is 6.89. The summed E-state index contributed by atoms with van der Waals surface area (Å²) in [6, 6.07) is 6.32. The van der Waals surface area contributed by atoms with Crippen LogP contribution in [0.25, 0.3) is 0 Å². The number of alkyl halides is 6. The minimum Gasteiger partial charge on any atom is -0.478 e. The molecule has 1 aliphatic heterocycles. The van der Waals surface area contributed by atoms with Crippen LogP contribution in [0.15, 0.2) is 18.2 Å². The molecule has 0 atom stereocenters. The number of piperazine rings is 1. The molecule has 0 aromatic heterocycles. The van der Waals surface area contributed by atoms with Crippen molar-refractivity contribution < 1.29 is 50.5 Å². The number of aliphatic carboxylic acids is 1. The lowest BCUT2D eigenvalue weighted by Gasteiger charge is -2.35. The maximum Gasteiger partial charge on any atom is 0.434 e. The highest BCUT2D eigenvalue weighted by Crippen LogP contribution is 2.36. The first-order chi connectivity index (χ1) is 15.5. The van der Waals surface area contributed by atoms with E-state index < -0.39 is 36.1 Å². The van der Waals surface area contributed by atoms with Gasteiger partial charge in [0, 0.05) is 32.7 Å². The van der Waals surface area contributed by atoms with Crippen LogP contribution in [0.3, 0.4) is 0 Å². The monoisotopic (exact) mass is 497 g/mol. The first kappa shape index (κ1) is 27.0. The average Bonchev–Trinajstić information content (AvgIpc) is 2.70. The number of ether oxygens (including phenoxy) is 2. The van der Waals surface area contributed by atoms with Gasteiger partial charge >= 0.3 is 24.4 Å². The molecule has 1 saturated heterocycles. The Labute approximate surface area is 190 Å². The zero-order chi connectivity index (χ0) is 25.9. The van der Waals surface area contributed by atoms with E-state index in [-0.39, 0.29) is 44.0 Å². The second-order valence-corrected chi connectivity index (χ2v) is 7.96. The molecule has 1 N–H and O–H groups in total. The zero-order valence-electron chi connectivity index (χ0n) is 18.0. The second kappa shape index (κ2) is 9.96. The van der Waals surface area contributed by atoms with E-state index in [0.717, 1.165) is 4.90 Å². The highest BCUT2D eigenvalue weighted by Gasteiger charge is 2.60. The van der Waals surface area contributed by atoms with Gasteiger partial charge in [0.05, 0.1) is 11.6 Å². The van der Waals surface area contributed by atoms with Gasteiger partial charge in [0.15, 0.2) is 5.60 Å². The van der Waals surface area contributed by atoms with Crippen LogP contribution in [0.2, 0.25) is 0 Å². The Kier molecular flexibility index (Phi) is 7.92. The highest BCUT2D eigenvalue weighted by molar-refractivity contribution is 5.76. The summed E-state index contributed by atoms with van der Waals surface area (Å²) in [5.41, 5.74) is -0.811. The van der Waals surface area contributed by atoms with E-state index in [1.165, 1.54) is 32.0 Å². The van der Waals surface area contributed by atoms with Gasteiger partial charge in [-0.2, -0.15) is 31.6 Å². The molecule has 14 heteroatoms. The van der Waals surface area contributed by atoms with Crippen LogP contribution in [-0.4, -0.2) is 77.2 Å². The number of benzene rings is 1. The van der Waals surface area contributed by atoms with E-state index in [1.807, 2.05) is 6.07 Å². The molecule has 0 aliphatic carbocycles. The van der Waals surface area contributed by atoms with Crippen molar-refractivity contribution in [1.82, 2.24) is 9.80 Å². The molecule has 1 amide bonds. The molecule has 1 fully saturated rings. The van der Waals surface area contributed by atoms with Crippen molar-refractivity contribution in [2.24, 2.45) is 0 Å². The van der Waals surface area contributed by atoms with Crippen LogP contribution in [0.5, 0.6) is 5.75 Å². The molecule has 0 unspecified atom stereocenters. The van der Waals surface area contributed by atoms with Crippen LogP contribution >= 0.6 is 0 Å². The van der Waals surface area contributed by atoms with Gasteiger partial charge in [0.25, 0.3) is 6.10 Å². The summed E-state index contributed by atoms with van der Waals surface area (Å²) >= 11 is 0. The van der Waals surface area contributed by atoms with E-state index >= 15 is 0 Å². The summed E-state index contributed by atoms with van der Waals surface area (Å²) in [6.45, 7) is 2.57. The molecule has 0 spiro atoms. The zero-order valence-corrected chi connectivity index (χ0v) is 18.0. The minimum atomic E-state index is -5.80. The molecule has 0 saturated carbocycles. The molecular weight excluding hydrogens is 476 g/mol. The van der Waals surface area contributed by atoms with E-state index in [1.54, 1.807) is 4.90 Å². The number of carbonyl (C=O) groups excluding carboxylic acids is 1. The number of hydrogen-bond acceptors (Lipinski definition) is 6. The van der Waals surface area contributed by atoms with Crippen molar-refractivity contribution in [3.63, 3.8) is 0 Å². The lowest BCUT2D eigenvalue weighted by molar-refractivity contribution is -0.308. The molecule has 0 radical (unpaired) electrons. The molecule has 0 bridgehead atoms. The number of nitrogens with zero attached hydrogens (tertiary/aromatic N) is 3. The SMILES string of the molecule is CC(C)(Oc1ccc(C#N)c(CN2CCN(C(=O)OC(C(F)(F)F)C(F)(F)F)CC2)c1)C(=O)O. The van der Waals surface area contributed by atoms with Crippen LogP contribution in [0.4, 0.5) is 31.1 Å². The van der Waals surface area contributed by atoms with Gasteiger partial charge in [-0.3, -0.25) is 4.90 Å². The van der Waals surface area contributed by atoms with Gasteiger partial charge in [0.1, 0.15) is 5.75 Å². The Morgan fingerprint density at radius 1 is 1.09 bits per heavy atom. The predicted molar refractivity (Wildman–Crippen MR) is 103 cm³/mol. The number of amides is 1. The predicted octanol–water partition coefficient (Wildman–Crippen LogP) is 3.55. The summed E-state index contributed by atoms with van der Waals surface area (Å²) < 4.78 is 84.8. The third-order valence-electron chi connectivity index (χ3n) is 4.92. The van der Waals surface area contributed by atoms with Gasteiger partial charge in [-0.1, -0.05) is 0 Å². The van der Waals surface area contributed by atoms with Crippen LogP contribution in [0, 0.1) is 11.3 Å². The molecule has 1 aromatic carbocycles. The van der Waals surface area contributed by atoms with Crippen LogP contribution in [-0.2, 0) is 16.1 Å². The Morgan fingerprint density at radius 2 is 1.65 bits per heavy atom. The first-order valence-electron chi connectivity index (χ1n) is 9.81. The largest absolute Gasteiger partial charge is 0.478 e. The topological polar surface area (TPSA) is 103 Å². The van der Waals surface area contributed by atoms with E-state index in [2.05, 4.69) is 4.74 Å². The molecule has 1 heterocycles. The smallest absolute Gasteiger partial charge is 0.434 e. The lowest BCUT2D eigenvalue weighted by Crippen LogP contribution is -2.52. The summed E-state index contributed by atoms with van der Waals surface area (Å²) in [4.78, 5) is 25.6. The fraction of sp³-hybridized carbons (Fsp3) is 0.550. The van der Waals surface area contributed by atoms with Gasteiger partial charge in [-0.05, 0) is 37.6 Å². The van der Waals surface area contributed by atoms with Crippen LogP contribution in [0.1, 0.15) is 25.0 Å². The van der Waals surface area contributed by atoms with Gasteiger partial charge in [-0.15, -0.1) is 0 Å². The van der Waals surface area contributed by atoms with Gasteiger partial charge in [0.2, 0.25) is 0 Å². The van der Waals surface area contributed by atoms with Gasteiger partial charge < -0.3 is 19.5 Å². The number of halogens is 6. The molecule has 188 valence electrons. The van der Waals surface area contributed by atoms with Crippen LogP contribution < -0.4 is 4.74 Å². The maximum absolute atomic E-state index is 12.6. The lowest BCUT2D eigenvalue weighted by atomic mass is 10.1. The normalized spacial score (nSPS) is 15.7. The number of carboxylic acids is 1. The Bertz CT molecular complexity index is 935. The van der Waals surface area contributed by atoms with E-state index in [9.17, 15) is 46.3 Å². The van der Waals surface area contributed by atoms with Gasteiger partial charge in [-0.25, -0.2) is 9.59 Å². The minimum absolute atomic E-state index is 0.0778. The highest BCUT2D eigenvalue weighted by atomic mass is 19.4. The number of carbonyl (C=O) groups is 2. The average molecular weight is 497 g/mol. The summed E-state index contributed by atoms with van der Waals surface area (Å²) in [5.74, 6) is -1.02. The van der Waals surface area contributed by atoms with Crippen molar-refractivity contribution in [2.45, 2.75) is 44.4 Å². The first-order valence-corrected chi connectivity index (χ1v) is 9.81. The molecule has 8 nitrogen and oxygen atoms in total. The molecule has 2 rings (SSSR count). The molecular formula is C20H21F6N3O5. The fourth-order valence-electron chi connectivity index (χ4n) is 3.04. The quantitative estimate of drug-likeness (QED) is 0.600. The number of rotatable bonds is 6. The molecule has 1 aliphatic rings. The van der Waals surface area contributed by atoms with Crippen molar-refractivity contribution in [3.05, 3.63) is 29.3 Å². The Morgan fingerprint density at radius 3 is 2.12 bits per heavy atom. The number of nitriles is 1. The van der Waals surface area contributed by atoms with Crippen molar-refractivity contribution in [1.29, 1.82) is 5.26 Å². The summed E-state index contributed by atoms with van der Waals surface area (Å²) in [7, 11) is 0.